The molecule has 1 fully saturated rings. The van der Waals surface area contributed by atoms with Gasteiger partial charge < -0.3 is 15.4 Å². The maximum atomic E-state index is 12.6. The van der Waals surface area contributed by atoms with Gasteiger partial charge in [-0.1, -0.05) is 29.8 Å². The molecule has 2 aromatic carbocycles. The highest BCUT2D eigenvalue weighted by atomic mass is 16.5. The number of likely N-dealkylation sites (tertiary alicyclic amines) is 1. The Labute approximate surface area is 182 Å². The maximum absolute atomic E-state index is 12.6. The Balaban J connectivity index is 1.30. The summed E-state index contributed by atoms with van der Waals surface area (Å²) in [5.74, 6) is 0.607. The van der Waals surface area contributed by atoms with Gasteiger partial charge in [0.15, 0.2) is 0 Å². The third-order valence-corrected chi connectivity index (χ3v) is 5.91. The quantitative estimate of drug-likeness (QED) is 0.749. The van der Waals surface area contributed by atoms with E-state index in [-0.39, 0.29) is 11.8 Å². The van der Waals surface area contributed by atoms with Gasteiger partial charge in [-0.05, 0) is 36.8 Å². The van der Waals surface area contributed by atoms with E-state index in [0.29, 0.717) is 44.7 Å². The summed E-state index contributed by atoms with van der Waals surface area (Å²) in [7, 11) is 1.61. The number of nitrogens with zero attached hydrogens (tertiary/aromatic N) is 2. The Morgan fingerprint density at radius 2 is 1.81 bits per heavy atom. The van der Waals surface area contributed by atoms with Crippen LogP contribution >= 0.6 is 0 Å². The first kappa shape index (κ1) is 21.1. The standard InChI is InChI=1S/C24H28N4O3/c1-17-3-5-18(6-4-17)15-25-21(29)16-28-13-11-24(12-14-28)26-22(23(30)27-24)19-7-9-20(31-2)10-8-19/h3-10H,11-16H2,1-2H3,(H,25,29)(H,27,30). The smallest absolute Gasteiger partial charge is 0.272 e. The predicted octanol–water partition coefficient (Wildman–Crippen LogP) is 2.03. The second kappa shape index (κ2) is 8.89. The Kier molecular flexibility index (Phi) is 6.04. The van der Waals surface area contributed by atoms with Gasteiger partial charge in [-0.2, -0.15) is 0 Å². The van der Waals surface area contributed by atoms with E-state index >= 15 is 0 Å². The third-order valence-electron chi connectivity index (χ3n) is 5.91. The van der Waals surface area contributed by atoms with Crippen LogP contribution in [0.3, 0.4) is 0 Å². The van der Waals surface area contributed by atoms with Crippen molar-refractivity contribution < 1.29 is 14.3 Å². The number of hydrogen-bond acceptors (Lipinski definition) is 5. The number of methoxy groups -OCH3 is 1. The van der Waals surface area contributed by atoms with E-state index in [2.05, 4.69) is 15.5 Å². The number of aliphatic imine (C=N–C) groups is 1. The fraction of sp³-hybridized carbons (Fsp3) is 0.375. The van der Waals surface area contributed by atoms with Crippen molar-refractivity contribution in [3.63, 3.8) is 0 Å². The lowest BCUT2D eigenvalue weighted by atomic mass is 9.98. The maximum Gasteiger partial charge on any atom is 0.272 e. The molecule has 0 atom stereocenters. The summed E-state index contributed by atoms with van der Waals surface area (Å²) in [6, 6.07) is 15.5. The summed E-state index contributed by atoms with van der Waals surface area (Å²) in [4.78, 5) is 31.8. The van der Waals surface area contributed by atoms with Gasteiger partial charge in [-0.15, -0.1) is 0 Å². The molecule has 162 valence electrons. The van der Waals surface area contributed by atoms with Crippen molar-refractivity contribution in [1.29, 1.82) is 0 Å². The molecule has 2 aromatic rings. The Morgan fingerprint density at radius 1 is 1.13 bits per heavy atom. The van der Waals surface area contributed by atoms with Crippen molar-refractivity contribution in [2.45, 2.75) is 32.0 Å². The molecule has 2 aliphatic rings. The van der Waals surface area contributed by atoms with Gasteiger partial charge in [0.25, 0.3) is 5.91 Å². The molecule has 1 saturated heterocycles. The number of ether oxygens (including phenoxy) is 1. The van der Waals surface area contributed by atoms with Gasteiger partial charge >= 0.3 is 0 Å². The Hall–Kier alpha value is -3.19. The number of piperidine rings is 1. The van der Waals surface area contributed by atoms with E-state index in [1.165, 1.54) is 5.56 Å². The van der Waals surface area contributed by atoms with E-state index in [1.807, 2.05) is 55.5 Å². The fourth-order valence-electron chi connectivity index (χ4n) is 3.99. The number of aryl methyl sites for hydroxylation is 1. The van der Waals surface area contributed by atoms with Gasteiger partial charge in [0, 0.05) is 38.0 Å². The fourth-order valence-corrected chi connectivity index (χ4v) is 3.99. The first-order valence-corrected chi connectivity index (χ1v) is 10.6. The number of amides is 2. The molecule has 1 spiro atoms. The molecule has 4 rings (SSSR count). The van der Waals surface area contributed by atoms with Crippen LogP contribution in [0.1, 0.15) is 29.5 Å². The first-order chi connectivity index (χ1) is 15.0. The minimum Gasteiger partial charge on any atom is -0.497 e. The second-order valence-electron chi connectivity index (χ2n) is 8.21. The molecule has 0 radical (unpaired) electrons. The Bertz CT molecular complexity index is 975. The molecular weight excluding hydrogens is 392 g/mol. The zero-order chi connectivity index (χ0) is 21.8. The molecule has 2 heterocycles. The minimum atomic E-state index is -0.568. The van der Waals surface area contributed by atoms with Gasteiger partial charge in [0.1, 0.15) is 17.1 Å². The zero-order valence-electron chi connectivity index (χ0n) is 18.0. The van der Waals surface area contributed by atoms with E-state index in [1.54, 1.807) is 7.11 Å². The van der Waals surface area contributed by atoms with Crippen LogP contribution in [-0.4, -0.2) is 54.8 Å². The van der Waals surface area contributed by atoms with Gasteiger partial charge in [-0.3, -0.25) is 19.5 Å². The molecule has 31 heavy (non-hydrogen) atoms. The summed E-state index contributed by atoms with van der Waals surface area (Å²) < 4.78 is 5.18. The molecule has 0 aliphatic carbocycles. The highest BCUT2D eigenvalue weighted by molar-refractivity contribution is 6.46. The van der Waals surface area contributed by atoms with Crippen LogP contribution in [0.5, 0.6) is 5.75 Å². The van der Waals surface area contributed by atoms with Crippen molar-refractivity contribution in [1.82, 2.24) is 15.5 Å². The lowest BCUT2D eigenvalue weighted by Crippen LogP contribution is -2.52. The predicted molar refractivity (Wildman–Crippen MR) is 119 cm³/mol. The van der Waals surface area contributed by atoms with Crippen LogP contribution in [0.4, 0.5) is 0 Å². The molecule has 0 bridgehead atoms. The summed E-state index contributed by atoms with van der Waals surface area (Å²) in [6.45, 7) is 4.34. The van der Waals surface area contributed by atoms with Gasteiger partial charge in [-0.25, -0.2) is 0 Å². The van der Waals surface area contributed by atoms with Crippen LogP contribution in [-0.2, 0) is 16.1 Å². The van der Waals surface area contributed by atoms with Crippen molar-refractivity contribution in [2.75, 3.05) is 26.7 Å². The van der Waals surface area contributed by atoms with E-state index in [4.69, 9.17) is 9.73 Å². The number of carbonyl (C=O) groups is 2. The van der Waals surface area contributed by atoms with Crippen molar-refractivity contribution >= 4 is 17.5 Å². The van der Waals surface area contributed by atoms with Crippen LogP contribution in [0.25, 0.3) is 0 Å². The summed E-state index contributed by atoms with van der Waals surface area (Å²) in [5.41, 5.74) is 2.97. The average molecular weight is 421 g/mol. The van der Waals surface area contributed by atoms with Crippen LogP contribution in [0, 0.1) is 6.92 Å². The van der Waals surface area contributed by atoms with Crippen molar-refractivity contribution in [2.24, 2.45) is 4.99 Å². The lowest BCUT2D eigenvalue weighted by molar-refractivity contribution is -0.123. The molecule has 2 amide bonds. The number of carbonyl (C=O) groups excluding carboxylic acids is 2. The molecule has 7 nitrogen and oxygen atoms in total. The van der Waals surface area contributed by atoms with E-state index in [0.717, 1.165) is 16.9 Å². The molecule has 2 N–H and O–H groups in total. The van der Waals surface area contributed by atoms with Gasteiger partial charge in [0.2, 0.25) is 5.91 Å². The van der Waals surface area contributed by atoms with E-state index in [9.17, 15) is 9.59 Å². The monoisotopic (exact) mass is 420 g/mol. The van der Waals surface area contributed by atoms with Crippen LogP contribution < -0.4 is 15.4 Å². The van der Waals surface area contributed by atoms with Crippen molar-refractivity contribution in [3.05, 3.63) is 65.2 Å². The summed E-state index contributed by atoms with van der Waals surface area (Å²) in [5, 5.41) is 6.05. The number of benzene rings is 2. The van der Waals surface area contributed by atoms with Gasteiger partial charge in [0.05, 0.1) is 13.7 Å². The topological polar surface area (TPSA) is 83.0 Å². The second-order valence-corrected chi connectivity index (χ2v) is 8.21. The number of rotatable bonds is 6. The third kappa shape index (κ3) is 4.94. The molecule has 0 unspecified atom stereocenters. The SMILES string of the molecule is COc1ccc(C2=NC3(CCN(CC(=O)NCc4ccc(C)cc4)CC3)NC2=O)cc1. The summed E-state index contributed by atoms with van der Waals surface area (Å²) in [6.07, 6.45) is 1.37. The molecule has 2 aliphatic heterocycles. The molecule has 0 saturated carbocycles. The zero-order valence-corrected chi connectivity index (χ0v) is 18.0. The normalized spacial score (nSPS) is 17.9. The van der Waals surface area contributed by atoms with Crippen LogP contribution in [0.15, 0.2) is 53.5 Å². The largest absolute Gasteiger partial charge is 0.497 e. The highest BCUT2D eigenvalue weighted by Gasteiger charge is 2.42. The van der Waals surface area contributed by atoms with Crippen LogP contribution in [0.2, 0.25) is 0 Å². The van der Waals surface area contributed by atoms with Crippen molar-refractivity contribution in [3.8, 4) is 5.75 Å². The average Bonchev–Trinajstić information content (AvgIpc) is 3.11. The number of hydrogen-bond donors (Lipinski definition) is 2. The highest BCUT2D eigenvalue weighted by Crippen LogP contribution is 2.29. The number of nitrogens with one attached hydrogen (secondary N) is 2. The molecule has 0 aromatic heterocycles. The minimum absolute atomic E-state index is 0.00871. The Morgan fingerprint density at radius 3 is 2.45 bits per heavy atom. The van der Waals surface area contributed by atoms with E-state index < -0.39 is 5.66 Å². The molecule has 7 heteroatoms. The lowest BCUT2D eigenvalue weighted by Gasteiger charge is -2.36. The first-order valence-electron chi connectivity index (χ1n) is 10.6. The molecular formula is C24H28N4O3. The summed E-state index contributed by atoms with van der Waals surface area (Å²) >= 11 is 0.